The molecule has 0 atom stereocenters. The molecule has 0 aliphatic rings. The third-order valence-corrected chi connectivity index (χ3v) is 9.11. The van der Waals surface area contributed by atoms with Crippen molar-refractivity contribution in [2.45, 2.75) is 0 Å². The molecule has 0 fully saturated rings. The highest BCUT2D eigenvalue weighted by Crippen LogP contribution is 2.39. The van der Waals surface area contributed by atoms with Gasteiger partial charge in [0, 0.05) is 49.8 Å². The number of fused-ring (bicyclic) bond motifs is 10. The van der Waals surface area contributed by atoms with E-state index in [2.05, 4.69) is 84.9 Å². The van der Waals surface area contributed by atoms with Gasteiger partial charge in [-0.2, -0.15) is 0 Å². The maximum Gasteiger partial charge on any atom is 0.165 e. The fourth-order valence-electron chi connectivity index (χ4n) is 6.89. The molecule has 0 aliphatic carbocycles. The van der Waals surface area contributed by atoms with Gasteiger partial charge in [-0.1, -0.05) is 121 Å². The summed E-state index contributed by atoms with van der Waals surface area (Å²) in [4.78, 5) is 20.2. The number of nitrogens with zero attached hydrogens (tertiary/aromatic N) is 4. The van der Waals surface area contributed by atoms with E-state index in [0.717, 1.165) is 65.7 Å². The Balaban J connectivity index is 1.22. The Kier molecular flexibility index (Phi) is 5.51. The number of aromatic nitrogens is 4. The largest absolute Gasteiger partial charge is 0.455 e. The summed E-state index contributed by atoms with van der Waals surface area (Å²) in [6.07, 6.45) is 1.89. The number of benzene rings is 7. The van der Waals surface area contributed by atoms with Gasteiger partial charge in [-0.15, -0.1) is 0 Å². The van der Waals surface area contributed by atoms with E-state index in [9.17, 15) is 0 Å². The van der Waals surface area contributed by atoms with Crippen LogP contribution < -0.4 is 0 Å². The summed E-state index contributed by atoms with van der Waals surface area (Å²) in [6, 6.07) is 47.9. The SMILES string of the molecule is c1ccc(-c2nc(-c3cnc4c(ccc5ccc6ccccc6c54)c3)nc(-c3cccc4oc5c6ccccc6ccc5c34)n2)cc1. The molecule has 0 saturated heterocycles. The van der Waals surface area contributed by atoms with Gasteiger partial charge in [0.2, 0.25) is 0 Å². The summed E-state index contributed by atoms with van der Waals surface area (Å²) < 4.78 is 6.49. The molecule has 0 bridgehead atoms. The van der Waals surface area contributed by atoms with Gasteiger partial charge in [-0.25, -0.2) is 15.0 Å². The first-order chi connectivity index (χ1) is 23.3. The molecule has 7 aromatic carbocycles. The Bertz CT molecular complexity index is 2860. The van der Waals surface area contributed by atoms with Crippen LogP contribution in [0.3, 0.4) is 0 Å². The lowest BCUT2D eigenvalue weighted by molar-refractivity contribution is 0.672. The second-order valence-corrected chi connectivity index (χ2v) is 11.9. The van der Waals surface area contributed by atoms with Gasteiger partial charge in [0.1, 0.15) is 11.2 Å². The van der Waals surface area contributed by atoms with E-state index in [4.69, 9.17) is 24.4 Å². The Morgan fingerprint density at radius 1 is 0.426 bits per heavy atom. The molecule has 0 N–H and O–H groups in total. The lowest BCUT2D eigenvalue weighted by atomic mass is 9.99. The third kappa shape index (κ3) is 4.03. The number of rotatable bonds is 3. The zero-order valence-corrected chi connectivity index (χ0v) is 25.1. The van der Waals surface area contributed by atoms with Crippen molar-refractivity contribution in [3.8, 4) is 34.2 Å². The lowest BCUT2D eigenvalue weighted by Gasteiger charge is -2.11. The Labute approximate surface area is 268 Å². The normalized spacial score (nSPS) is 11.8. The summed E-state index contributed by atoms with van der Waals surface area (Å²) in [5, 5.41) is 9.97. The van der Waals surface area contributed by atoms with Gasteiger partial charge >= 0.3 is 0 Å². The molecule has 47 heavy (non-hydrogen) atoms. The van der Waals surface area contributed by atoms with Crippen molar-refractivity contribution in [1.29, 1.82) is 0 Å². The van der Waals surface area contributed by atoms with Gasteiger partial charge in [0.25, 0.3) is 0 Å². The molecule has 5 heteroatoms. The minimum atomic E-state index is 0.566. The first-order valence-electron chi connectivity index (χ1n) is 15.6. The number of hydrogen-bond donors (Lipinski definition) is 0. The number of pyridine rings is 1. The number of furan rings is 1. The van der Waals surface area contributed by atoms with E-state index in [0.29, 0.717) is 17.5 Å². The molecule has 0 amide bonds. The van der Waals surface area contributed by atoms with Crippen LogP contribution in [-0.4, -0.2) is 19.9 Å². The number of hydrogen-bond acceptors (Lipinski definition) is 5. The average Bonchev–Trinajstić information content (AvgIpc) is 3.54. The zero-order chi connectivity index (χ0) is 30.9. The van der Waals surface area contributed by atoms with Crippen LogP contribution in [-0.2, 0) is 0 Å². The van der Waals surface area contributed by atoms with Gasteiger partial charge in [0.15, 0.2) is 17.5 Å². The molecular weight excluding hydrogens is 576 g/mol. The first kappa shape index (κ1) is 25.8. The van der Waals surface area contributed by atoms with Gasteiger partial charge < -0.3 is 4.42 Å². The fraction of sp³-hybridized carbons (Fsp3) is 0. The van der Waals surface area contributed by atoms with Crippen LogP contribution in [0.5, 0.6) is 0 Å². The Hall–Kier alpha value is -6.46. The molecule has 10 rings (SSSR count). The van der Waals surface area contributed by atoms with E-state index in [1.165, 1.54) is 16.2 Å². The molecule has 0 aliphatic heterocycles. The lowest BCUT2D eigenvalue weighted by Crippen LogP contribution is -2.00. The summed E-state index contributed by atoms with van der Waals surface area (Å²) in [5.41, 5.74) is 5.25. The summed E-state index contributed by atoms with van der Waals surface area (Å²) in [6.45, 7) is 0. The van der Waals surface area contributed by atoms with Crippen LogP contribution in [0, 0.1) is 0 Å². The second kappa shape index (κ2) is 10.0. The van der Waals surface area contributed by atoms with E-state index in [1.807, 2.05) is 60.8 Å². The maximum absolute atomic E-state index is 6.49. The second-order valence-electron chi connectivity index (χ2n) is 11.9. The van der Waals surface area contributed by atoms with Crippen molar-refractivity contribution in [3.63, 3.8) is 0 Å². The topological polar surface area (TPSA) is 64.7 Å². The van der Waals surface area contributed by atoms with E-state index in [1.54, 1.807) is 0 Å². The van der Waals surface area contributed by atoms with Crippen molar-refractivity contribution in [2.24, 2.45) is 0 Å². The summed E-state index contributed by atoms with van der Waals surface area (Å²) in [5.74, 6) is 1.75. The molecule has 0 saturated carbocycles. The van der Waals surface area contributed by atoms with Gasteiger partial charge in [-0.3, -0.25) is 4.98 Å². The van der Waals surface area contributed by atoms with Gasteiger partial charge in [-0.05, 0) is 39.7 Å². The molecule has 0 radical (unpaired) electrons. The third-order valence-electron chi connectivity index (χ3n) is 9.11. The molecule has 218 valence electrons. The van der Waals surface area contributed by atoms with Crippen molar-refractivity contribution in [2.75, 3.05) is 0 Å². The highest BCUT2D eigenvalue weighted by atomic mass is 16.3. The quantitative estimate of drug-likeness (QED) is 0.189. The molecular formula is C42H24N4O. The highest BCUT2D eigenvalue weighted by Gasteiger charge is 2.19. The summed E-state index contributed by atoms with van der Waals surface area (Å²) in [7, 11) is 0. The van der Waals surface area contributed by atoms with Crippen molar-refractivity contribution in [3.05, 3.63) is 146 Å². The minimum absolute atomic E-state index is 0.566. The molecule has 3 heterocycles. The molecule has 10 aromatic rings. The van der Waals surface area contributed by atoms with Crippen LogP contribution in [0.1, 0.15) is 0 Å². The minimum Gasteiger partial charge on any atom is -0.455 e. The van der Waals surface area contributed by atoms with Gasteiger partial charge in [0.05, 0.1) is 5.52 Å². The predicted octanol–water partition coefficient (Wildman–Crippen LogP) is 10.8. The predicted molar refractivity (Wildman–Crippen MR) is 191 cm³/mol. The van der Waals surface area contributed by atoms with Crippen LogP contribution in [0.25, 0.3) is 99.3 Å². The monoisotopic (exact) mass is 600 g/mol. The van der Waals surface area contributed by atoms with E-state index < -0.39 is 0 Å². The van der Waals surface area contributed by atoms with Crippen LogP contribution in [0.15, 0.2) is 150 Å². The average molecular weight is 601 g/mol. The Morgan fingerprint density at radius 3 is 1.94 bits per heavy atom. The maximum atomic E-state index is 6.49. The van der Waals surface area contributed by atoms with E-state index >= 15 is 0 Å². The van der Waals surface area contributed by atoms with Crippen LogP contribution in [0.2, 0.25) is 0 Å². The van der Waals surface area contributed by atoms with Crippen LogP contribution >= 0.6 is 0 Å². The van der Waals surface area contributed by atoms with Crippen molar-refractivity contribution >= 4 is 65.2 Å². The summed E-state index contributed by atoms with van der Waals surface area (Å²) >= 11 is 0. The standard InChI is InChI=1S/C42H24N4O/c1-2-11-28(12-3-1)40-44-41(30-23-29-20-19-27-18-17-25-9-4-6-13-31(25)36(27)38(29)43-24-30)46-42(45-40)34-15-8-16-35-37(34)33-22-21-26-10-5-7-14-32(26)39(33)47-35/h1-24H. The smallest absolute Gasteiger partial charge is 0.165 e. The van der Waals surface area contributed by atoms with Crippen LogP contribution in [0.4, 0.5) is 0 Å². The van der Waals surface area contributed by atoms with E-state index in [-0.39, 0.29) is 0 Å². The van der Waals surface area contributed by atoms with Crippen molar-refractivity contribution in [1.82, 2.24) is 19.9 Å². The molecule has 5 nitrogen and oxygen atoms in total. The highest BCUT2D eigenvalue weighted by molar-refractivity contribution is 6.20. The first-order valence-corrected chi connectivity index (χ1v) is 15.6. The zero-order valence-electron chi connectivity index (χ0n) is 25.1. The molecule has 3 aromatic heterocycles. The Morgan fingerprint density at radius 2 is 1.09 bits per heavy atom. The molecule has 0 spiro atoms. The molecule has 0 unspecified atom stereocenters. The van der Waals surface area contributed by atoms with Crippen molar-refractivity contribution < 1.29 is 4.42 Å². The fourth-order valence-corrected chi connectivity index (χ4v) is 6.89.